The molecule has 3 heterocycles. The molecule has 5 rings (SSSR count). The number of hydrogen-bond donors (Lipinski definition) is 1. The standard InChI is InChI=1S/C21H20N4O2S2/c1-12-18(19(26)24-20-22-15-5-3-4-6-17(15)28-20)29-21-23-16(11-25(12)21)13-7-9-14(27-2)10-8-13/h7-11H,3-6H2,1-2H3,(H,22,24,26). The molecule has 6 nitrogen and oxygen atoms in total. The number of aryl methyl sites for hydroxylation is 3. The van der Waals surface area contributed by atoms with E-state index in [4.69, 9.17) is 9.72 Å². The minimum atomic E-state index is -0.116. The van der Waals surface area contributed by atoms with Gasteiger partial charge in [0.1, 0.15) is 10.6 Å². The fourth-order valence-electron chi connectivity index (χ4n) is 3.62. The normalized spacial score (nSPS) is 13.4. The summed E-state index contributed by atoms with van der Waals surface area (Å²) in [4.78, 5) is 25.0. The van der Waals surface area contributed by atoms with Crippen LogP contribution in [0.15, 0.2) is 30.5 Å². The molecule has 0 unspecified atom stereocenters. The first-order chi connectivity index (χ1) is 14.1. The number of aromatic nitrogens is 3. The van der Waals surface area contributed by atoms with Crippen molar-refractivity contribution in [2.24, 2.45) is 0 Å². The number of nitrogens with zero attached hydrogens (tertiary/aromatic N) is 3. The quantitative estimate of drug-likeness (QED) is 0.502. The summed E-state index contributed by atoms with van der Waals surface area (Å²) in [6.07, 6.45) is 6.45. The van der Waals surface area contributed by atoms with Crippen molar-refractivity contribution >= 4 is 38.7 Å². The van der Waals surface area contributed by atoms with Crippen molar-refractivity contribution in [3.05, 3.63) is 51.6 Å². The van der Waals surface area contributed by atoms with Gasteiger partial charge in [0.05, 0.1) is 18.5 Å². The van der Waals surface area contributed by atoms with Crippen LogP contribution in [0.25, 0.3) is 16.2 Å². The molecule has 0 spiro atoms. The maximum absolute atomic E-state index is 12.9. The van der Waals surface area contributed by atoms with Crippen molar-refractivity contribution in [1.29, 1.82) is 0 Å². The van der Waals surface area contributed by atoms with Gasteiger partial charge in [-0.3, -0.25) is 14.5 Å². The van der Waals surface area contributed by atoms with E-state index in [-0.39, 0.29) is 5.91 Å². The fourth-order valence-corrected chi connectivity index (χ4v) is 5.67. The fraction of sp³-hybridized carbons (Fsp3) is 0.286. The highest BCUT2D eigenvalue weighted by Crippen LogP contribution is 2.32. The number of rotatable bonds is 4. The molecule has 0 saturated heterocycles. The zero-order chi connectivity index (χ0) is 20.0. The smallest absolute Gasteiger partial charge is 0.269 e. The van der Waals surface area contributed by atoms with Gasteiger partial charge in [0.2, 0.25) is 0 Å². The van der Waals surface area contributed by atoms with Crippen LogP contribution in [-0.4, -0.2) is 27.4 Å². The summed E-state index contributed by atoms with van der Waals surface area (Å²) in [6, 6.07) is 7.81. The molecule has 148 valence electrons. The zero-order valence-corrected chi connectivity index (χ0v) is 17.8. The van der Waals surface area contributed by atoms with Crippen molar-refractivity contribution < 1.29 is 9.53 Å². The number of nitrogens with one attached hydrogen (secondary N) is 1. The van der Waals surface area contributed by atoms with Crippen molar-refractivity contribution in [3.63, 3.8) is 0 Å². The minimum Gasteiger partial charge on any atom is -0.497 e. The van der Waals surface area contributed by atoms with Crippen LogP contribution in [0.1, 0.15) is 38.8 Å². The summed E-state index contributed by atoms with van der Waals surface area (Å²) >= 11 is 3.01. The first-order valence-corrected chi connectivity index (χ1v) is 11.2. The largest absolute Gasteiger partial charge is 0.497 e. The second-order valence-corrected chi connectivity index (χ2v) is 9.14. The predicted molar refractivity (Wildman–Crippen MR) is 117 cm³/mol. The molecule has 29 heavy (non-hydrogen) atoms. The second-order valence-electron chi connectivity index (χ2n) is 7.07. The van der Waals surface area contributed by atoms with Gasteiger partial charge in [-0.05, 0) is 56.9 Å². The zero-order valence-electron chi connectivity index (χ0n) is 16.2. The van der Waals surface area contributed by atoms with Gasteiger partial charge in [0.25, 0.3) is 5.91 Å². The molecule has 1 amide bonds. The number of fused-ring (bicyclic) bond motifs is 2. The van der Waals surface area contributed by atoms with Gasteiger partial charge in [0.15, 0.2) is 10.1 Å². The van der Waals surface area contributed by atoms with Crippen LogP contribution in [-0.2, 0) is 12.8 Å². The van der Waals surface area contributed by atoms with Crippen molar-refractivity contribution in [1.82, 2.24) is 14.4 Å². The number of amides is 1. The van der Waals surface area contributed by atoms with Crippen LogP contribution in [0, 0.1) is 6.92 Å². The number of ether oxygens (including phenoxy) is 1. The number of carbonyl (C=O) groups excluding carboxylic acids is 1. The Labute approximate surface area is 176 Å². The third-order valence-corrected chi connectivity index (χ3v) is 7.44. The molecule has 0 fully saturated rings. The average Bonchev–Trinajstić information content (AvgIpc) is 3.41. The van der Waals surface area contributed by atoms with Crippen LogP contribution < -0.4 is 10.1 Å². The number of hydrogen-bond acceptors (Lipinski definition) is 6. The highest BCUT2D eigenvalue weighted by Gasteiger charge is 2.21. The minimum absolute atomic E-state index is 0.116. The molecule has 0 aliphatic heterocycles. The second kappa shape index (κ2) is 7.27. The molecule has 0 atom stereocenters. The number of carbonyl (C=O) groups is 1. The average molecular weight is 425 g/mol. The van der Waals surface area contributed by atoms with E-state index in [2.05, 4.69) is 10.3 Å². The summed E-state index contributed by atoms with van der Waals surface area (Å²) in [5, 5.41) is 3.69. The Kier molecular flexibility index (Phi) is 4.60. The Morgan fingerprint density at radius 1 is 1.14 bits per heavy atom. The molecule has 0 radical (unpaired) electrons. The number of imidazole rings is 1. The van der Waals surface area contributed by atoms with E-state index in [0.29, 0.717) is 10.0 Å². The number of benzene rings is 1. The van der Waals surface area contributed by atoms with Gasteiger partial charge >= 0.3 is 0 Å². The first-order valence-electron chi connectivity index (χ1n) is 9.55. The lowest BCUT2D eigenvalue weighted by molar-refractivity contribution is 0.102. The molecule has 0 saturated carbocycles. The summed E-state index contributed by atoms with van der Waals surface area (Å²) in [7, 11) is 1.65. The number of methoxy groups -OCH3 is 1. The third-order valence-electron chi connectivity index (χ3n) is 5.22. The predicted octanol–water partition coefficient (Wildman–Crippen LogP) is 4.97. The molecule has 8 heteroatoms. The van der Waals surface area contributed by atoms with Crippen LogP contribution in [0.3, 0.4) is 0 Å². The van der Waals surface area contributed by atoms with E-state index < -0.39 is 0 Å². The lowest BCUT2D eigenvalue weighted by atomic mass is 10.0. The van der Waals surface area contributed by atoms with E-state index in [9.17, 15) is 4.79 Å². The van der Waals surface area contributed by atoms with Gasteiger partial charge in [0, 0.05) is 22.3 Å². The summed E-state index contributed by atoms with van der Waals surface area (Å²) < 4.78 is 7.19. The van der Waals surface area contributed by atoms with Gasteiger partial charge in [-0.1, -0.05) is 11.3 Å². The monoisotopic (exact) mass is 424 g/mol. The maximum Gasteiger partial charge on any atom is 0.269 e. The molecular formula is C21H20N4O2S2. The number of anilines is 1. The molecule has 1 aliphatic rings. The van der Waals surface area contributed by atoms with Crippen molar-refractivity contribution in [2.75, 3.05) is 12.4 Å². The van der Waals surface area contributed by atoms with Crippen LogP contribution in [0.2, 0.25) is 0 Å². The van der Waals surface area contributed by atoms with E-state index >= 15 is 0 Å². The van der Waals surface area contributed by atoms with Gasteiger partial charge < -0.3 is 4.74 Å². The Morgan fingerprint density at radius 2 is 1.93 bits per heavy atom. The molecule has 1 aromatic carbocycles. The highest BCUT2D eigenvalue weighted by molar-refractivity contribution is 7.19. The Morgan fingerprint density at radius 3 is 2.66 bits per heavy atom. The molecule has 1 aliphatic carbocycles. The SMILES string of the molecule is COc1ccc(-c2cn3c(C)c(C(=O)Nc4nc5c(s4)CCCC5)sc3n2)cc1. The van der Waals surface area contributed by atoms with E-state index in [1.165, 1.54) is 29.1 Å². The lowest BCUT2D eigenvalue weighted by Crippen LogP contribution is -2.11. The van der Waals surface area contributed by atoms with Crippen molar-refractivity contribution in [3.8, 4) is 17.0 Å². The van der Waals surface area contributed by atoms with Gasteiger partial charge in [-0.25, -0.2) is 9.97 Å². The lowest BCUT2D eigenvalue weighted by Gasteiger charge is -2.06. The third kappa shape index (κ3) is 3.32. The molecule has 3 aromatic heterocycles. The first kappa shape index (κ1) is 18.3. The molecule has 0 bridgehead atoms. The summed E-state index contributed by atoms with van der Waals surface area (Å²) in [5.74, 6) is 0.698. The topological polar surface area (TPSA) is 68.5 Å². The Balaban J connectivity index is 1.40. The Bertz CT molecular complexity index is 1180. The summed E-state index contributed by atoms with van der Waals surface area (Å²) in [5.41, 5.74) is 3.93. The van der Waals surface area contributed by atoms with E-state index in [0.717, 1.165) is 46.2 Å². The highest BCUT2D eigenvalue weighted by atomic mass is 32.1. The van der Waals surface area contributed by atoms with Crippen LogP contribution >= 0.6 is 22.7 Å². The molecule has 1 N–H and O–H groups in total. The van der Waals surface area contributed by atoms with Gasteiger partial charge in [-0.2, -0.15) is 0 Å². The van der Waals surface area contributed by atoms with E-state index in [1.54, 1.807) is 18.4 Å². The van der Waals surface area contributed by atoms with Crippen LogP contribution in [0.5, 0.6) is 5.75 Å². The maximum atomic E-state index is 12.9. The van der Waals surface area contributed by atoms with Crippen molar-refractivity contribution in [2.45, 2.75) is 32.6 Å². The van der Waals surface area contributed by atoms with E-state index in [1.807, 2.05) is 41.8 Å². The molecular weight excluding hydrogens is 404 g/mol. The van der Waals surface area contributed by atoms with Crippen LogP contribution in [0.4, 0.5) is 5.13 Å². The number of thiazole rings is 2. The summed E-state index contributed by atoms with van der Waals surface area (Å²) in [6.45, 7) is 1.95. The van der Waals surface area contributed by atoms with Gasteiger partial charge in [-0.15, -0.1) is 11.3 Å². The molecule has 4 aromatic rings. The Hall–Kier alpha value is -2.71.